The van der Waals surface area contributed by atoms with Crippen molar-refractivity contribution in [1.82, 2.24) is 0 Å². The molecule has 0 aliphatic heterocycles. The zero-order valence-electron chi connectivity index (χ0n) is 10.2. The van der Waals surface area contributed by atoms with Gasteiger partial charge in [0.25, 0.3) is 0 Å². The zero-order valence-corrected chi connectivity index (χ0v) is 10.2. The summed E-state index contributed by atoms with van der Waals surface area (Å²) in [6, 6.07) is 3.20. The molecule has 1 atom stereocenters. The van der Waals surface area contributed by atoms with Crippen molar-refractivity contribution < 1.29 is 9.13 Å². The second-order valence-electron chi connectivity index (χ2n) is 3.91. The normalized spacial score (nSPS) is 12.3. The van der Waals surface area contributed by atoms with Crippen LogP contribution in [0.4, 0.5) is 15.8 Å². The van der Waals surface area contributed by atoms with Gasteiger partial charge in [0.1, 0.15) is 11.6 Å². The van der Waals surface area contributed by atoms with E-state index in [1.165, 1.54) is 13.2 Å². The molecule has 90 valence electrons. The van der Waals surface area contributed by atoms with Gasteiger partial charge in [0.15, 0.2) is 0 Å². The Labute approximate surface area is 96.0 Å². The van der Waals surface area contributed by atoms with E-state index in [2.05, 4.69) is 6.92 Å². The van der Waals surface area contributed by atoms with Crippen LogP contribution in [-0.4, -0.2) is 20.2 Å². The number of nitrogen functional groups attached to an aromatic ring is 1. The number of hydrogen-bond acceptors (Lipinski definition) is 3. The molecule has 1 unspecified atom stereocenters. The number of anilines is 2. The molecule has 2 N–H and O–H groups in total. The zero-order chi connectivity index (χ0) is 12.3. The lowest BCUT2D eigenvalue weighted by atomic mass is 10.2. The Morgan fingerprint density at radius 3 is 2.62 bits per heavy atom. The number of ether oxygens (including phenoxy) is 1. The van der Waals surface area contributed by atoms with E-state index in [9.17, 15) is 4.39 Å². The summed E-state index contributed by atoms with van der Waals surface area (Å²) in [7, 11) is 3.39. The maximum atomic E-state index is 13.7. The Bertz CT molecular complexity index is 368. The predicted octanol–water partition coefficient (Wildman–Crippen LogP) is 2.65. The quantitative estimate of drug-likeness (QED) is 0.802. The Kier molecular flexibility index (Phi) is 3.99. The molecule has 3 nitrogen and oxygen atoms in total. The minimum absolute atomic E-state index is 0.267. The Hall–Kier alpha value is -1.45. The topological polar surface area (TPSA) is 38.5 Å². The largest absolute Gasteiger partial charge is 0.495 e. The highest BCUT2D eigenvalue weighted by Gasteiger charge is 2.15. The molecule has 1 aromatic carbocycles. The lowest BCUT2D eigenvalue weighted by molar-refractivity contribution is 0.416. The summed E-state index contributed by atoms with van der Waals surface area (Å²) >= 11 is 0. The summed E-state index contributed by atoms with van der Waals surface area (Å²) in [6.07, 6.45) is 0.947. The molecule has 0 bridgehead atoms. The van der Waals surface area contributed by atoms with Crippen molar-refractivity contribution in [3.63, 3.8) is 0 Å². The van der Waals surface area contributed by atoms with Gasteiger partial charge in [0, 0.05) is 25.2 Å². The third kappa shape index (κ3) is 2.38. The van der Waals surface area contributed by atoms with Gasteiger partial charge < -0.3 is 15.4 Å². The number of nitrogens with zero attached hydrogens (tertiary/aromatic N) is 1. The summed E-state index contributed by atoms with van der Waals surface area (Å²) in [5, 5.41) is 0. The standard InChI is InChI=1S/C12H19FN2O/c1-5-8(2)15(3)11-7-12(16-4)10(14)6-9(11)13/h6-8H,5,14H2,1-4H3. The maximum Gasteiger partial charge on any atom is 0.148 e. The first kappa shape index (κ1) is 12.6. The van der Waals surface area contributed by atoms with Gasteiger partial charge in [0.05, 0.1) is 18.5 Å². The van der Waals surface area contributed by atoms with Gasteiger partial charge in [-0.3, -0.25) is 0 Å². The van der Waals surface area contributed by atoms with Crippen LogP contribution in [0.1, 0.15) is 20.3 Å². The Morgan fingerprint density at radius 1 is 1.50 bits per heavy atom. The minimum atomic E-state index is -0.318. The van der Waals surface area contributed by atoms with Gasteiger partial charge in [-0.1, -0.05) is 6.92 Å². The van der Waals surface area contributed by atoms with Crippen molar-refractivity contribution in [2.45, 2.75) is 26.3 Å². The van der Waals surface area contributed by atoms with Crippen molar-refractivity contribution in [3.8, 4) is 5.75 Å². The summed E-state index contributed by atoms with van der Waals surface area (Å²) in [4.78, 5) is 1.89. The first-order valence-corrected chi connectivity index (χ1v) is 5.37. The highest BCUT2D eigenvalue weighted by molar-refractivity contribution is 5.63. The predicted molar refractivity (Wildman–Crippen MR) is 65.5 cm³/mol. The third-order valence-electron chi connectivity index (χ3n) is 2.93. The molecule has 4 heteroatoms. The fourth-order valence-corrected chi connectivity index (χ4v) is 1.52. The number of nitrogens with two attached hydrogens (primary N) is 1. The fraction of sp³-hybridized carbons (Fsp3) is 0.500. The number of rotatable bonds is 4. The molecule has 0 radical (unpaired) electrons. The molecule has 16 heavy (non-hydrogen) atoms. The van der Waals surface area contributed by atoms with Crippen LogP contribution in [0, 0.1) is 5.82 Å². The van der Waals surface area contributed by atoms with Crippen LogP contribution in [-0.2, 0) is 0 Å². The highest BCUT2D eigenvalue weighted by Crippen LogP contribution is 2.31. The van der Waals surface area contributed by atoms with E-state index < -0.39 is 0 Å². The molecule has 0 aromatic heterocycles. The average molecular weight is 226 g/mol. The van der Waals surface area contributed by atoms with Crippen LogP contribution in [0.3, 0.4) is 0 Å². The summed E-state index contributed by atoms with van der Waals surface area (Å²) in [5.41, 5.74) is 6.46. The highest BCUT2D eigenvalue weighted by atomic mass is 19.1. The lowest BCUT2D eigenvalue weighted by Crippen LogP contribution is -2.28. The fourth-order valence-electron chi connectivity index (χ4n) is 1.52. The first-order valence-electron chi connectivity index (χ1n) is 5.37. The summed E-state index contributed by atoms with van der Waals surface area (Å²) < 4.78 is 18.8. The van der Waals surface area contributed by atoms with Gasteiger partial charge in [-0.15, -0.1) is 0 Å². The van der Waals surface area contributed by atoms with E-state index >= 15 is 0 Å². The molecular formula is C12H19FN2O. The van der Waals surface area contributed by atoms with E-state index in [1.807, 2.05) is 18.9 Å². The van der Waals surface area contributed by atoms with Crippen molar-refractivity contribution in [2.24, 2.45) is 0 Å². The van der Waals surface area contributed by atoms with Gasteiger partial charge >= 0.3 is 0 Å². The molecule has 0 saturated carbocycles. The molecule has 0 saturated heterocycles. The van der Waals surface area contributed by atoms with E-state index in [1.54, 1.807) is 6.07 Å². The molecule has 0 fully saturated rings. The van der Waals surface area contributed by atoms with Crippen LogP contribution in [0.15, 0.2) is 12.1 Å². The van der Waals surface area contributed by atoms with Crippen molar-refractivity contribution in [1.29, 1.82) is 0 Å². The van der Waals surface area contributed by atoms with Gasteiger partial charge in [-0.2, -0.15) is 0 Å². The lowest BCUT2D eigenvalue weighted by Gasteiger charge is -2.27. The average Bonchev–Trinajstić information content (AvgIpc) is 2.27. The molecule has 0 aliphatic carbocycles. The molecule has 0 amide bonds. The Morgan fingerprint density at radius 2 is 2.12 bits per heavy atom. The first-order chi connectivity index (χ1) is 7.51. The number of halogens is 1. The number of hydrogen-bond donors (Lipinski definition) is 1. The third-order valence-corrected chi connectivity index (χ3v) is 2.93. The number of methoxy groups -OCH3 is 1. The second kappa shape index (κ2) is 5.05. The van der Waals surface area contributed by atoms with Crippen LogP contribution in [0.2, 0.25) is 0 Å². The van der Waals surface area contributed by atoms with Crippen molar-refractivity contribution in [2.75, 3.05) is 24.8 Å². The summed E-state index contributed by atoms with van der Waals surface area (Å²) in [5.74, 6) is 0.188. The number of benzene rings is 1. The van der Waals surface area contributed by atoms with Gasteiger partial charge in [-0.25, -0.2) is 4.39 Å². The molecule has 1 aromatic rings. The second-order valence-corrected chi connectivity index (χ2v) is 3.91. The Balaban J connectivity index is 3.13. The van der Waals surface area contributed by atoms with Crippen LogP contribution >= 0.6 is 0 Å². The SMILES string of the molecule is CCC(C)N(C)c1cc(OC)c(N)cc1F. The van der Waals surface area contributed by atoms with Gasteiger partial charge in [0.2, 0.25) is 0 Å². The molecule has 0 spiro atoms. The van der Waals surface area contributed by atoms with Crippen LogP contribution in [0.25, 0.3) is 0 Å². The van der Waals surface area contributed by atoms with Crippen molar-refractivity contribution in [3.05, 3.63) is 17.9 Å². The molecule has 1 rings (SSSR count). The minimum Gasteiger partial charge on any atom is -0.495 e. The van der Waals surface area contributed by atoms with Crippen molar-refractivity contribution >= 4 is 11.4 Å². The summed E-state index contributed by atoms with van der Waals surface area (Å²) in [6.45, 7) is 4.11. The van der Waals surface area contributed by atoms with E-state index in [0.29, 0.717) is 17.1 Å². The van der Waals surface area contributed by atoms with E-state index in [0.717, 1.165) is 6.42 Å². The molecule has 0 aliphatic rings. The van der Waals surface area contributed by atoms with Crippen LogP contribution < -0.4 is 15.4 Å². The molecule has 0 heterocycles. The monoisotopic (exact) mass is 226 g/mol. The smallest absolute Gasteiger partial charge is 0.148 e. The van der Waals surface area contributed by atoms with Crippen LogP contribution in [0.5, 0.6) is 5.75 Å². The maximum absolute atomic E-state index is 13.7. The molecular weight excluding hydrogens is 207 g/mol. The van der Waals surface area contributed by atoms with E-state index in [4.69, 9.17) is 10.5 Å². The van der Waals surface area contributed by atoms with Gasteiger partial charge in [-0.05, 0) is 13.3 Å². The van der Waals surface area contributed by atoms with E-state index in [-0.39, 0.29) is 11.9 Å².